The molecule has 0 radical (unpaired) electrons. The maximum absolute atomic E-state index is 13.5. The van der Waals surface area contributed by atoms with Gasteiger partial charge in [-0.05, 0) is 31.7 Å². The van der Waals surface area contributed by atoms with Crippen LogP contribution in [0.4, 0.5) is 4.39 Å². The van der Waals surface area contributed by atoms with Gasteiger partial charge in [0.1, 0.15) is 12.3 Å². The van der Waals surface area contributed by atoms with E-state index in [0.29, 0.717) is 23.7 Å². The van der Waals surface area contributed by atoms with Gasteiger partial charge in [0.2, 0.25) is 0 Å². The molecule has 3 nitrogen and oxygen atoms in total. The van der Waals surface area contributed by atoms with Crippen LogP contribution in [0.3, 0.4) is 0 Å². The predicted octanol–water partition coefficient (Wildman–Crippen LogP) is 2.30. The fraction of sp³-hybridized carbons (Fsp3) is 0.727. The zero-order chi connectivity index (χ0) is 10.6. The zero-order valence-electron chi connectivity index (χ0n) is 8.73. The van der Waals surface area contributed by atoms with Crippen LogP contribution in [-0.2, 0) is 0 Å². The van der Waals surface area contributed by atoms with E-state index in [-0.39, 0.29) is 6.04 Å². The molecule has 3 rings (SSSR count). The highest BCUT2D eigenvalue weighted by Gasteiger charge is 2.36. The third-order valence-corrected chi connectivity index (χ3v) is 3.44. The largest absolute Gasteiger partial charge is 0.386 e. The summed E-state index contributed by atoms with van der Waals surface area (Å²) in [5.74, 6) is 0.356. The molecule has 0 saturated heterocycles. The number of hydrogen-bond acceptors (Lipinski definition) is 2. The lowest BCUT2D eigenvalue weighted by Gasteiger charge is -2.07. The molecule has 1 N–H and O–H groups in total. The van der Waals surface area contributed by atoms with Gasteiger partial charge in [0.05, 0.1) is 17.4 Å². The van der Waals surface area contributed by atoms with Gasteiger partial charge < -0.3 is 5.11 Å². The highest BCUT2D eigenvalue weighted by atomic mass is 19.1. The molecule has 1 saturated carbocycles. The van der Waals surface area contributed by atoms with Crippen molar-refractivity contribution in [3.63, 3.8) is 0 Å². The predicted molar refractivity (Wildman–Crippen MR) is 53.1 cm³/mol. The molecule has 4 heteroatoms. The molecule has 1 fully saturated rings. The molecule has 15 heavy (non-hydrogen) atoms. The van der Waals surface area contributed by atoms with E-state index in [1.54, 1.807) is 10.7 Å². The molecule has 2 aliphatic rings. The maximum Gasteiger partial charge on any atom is 0.144 e. The van der Waals surface area contributed by atoms with Gasteiger partial charge >= 0.3 is 0 Å². The van der Waals surface area contributed by atoms with E-state index in [4.69, 9.17) is 0 Å². The van der Waals surface area contributed by atoms with Gasteiger partial charge in [0.15, 0.2) is 0 Å². The molecule has 0 aromatic carbocycles. The van der Waals surface area contributed by atoms with Crippen LogP contribution >= 0.6 is 0 Å². The molecule has 3 atom stereocenters. The Bertz CT molecular complexity index is 360. The minimum absolute atomic E-state index is 0.121. The summed E-state index contributed by atoms with van der Waals surface area (Å²) in [5, 5.41) is 14.2. The number of fused-ring (bicyclic) bond motifs is 1. The fourth-order valence-electron chi connectivity index (χ4n) is 2.33. The Morgan fingerprint density at radius 3 is 2.93 bits per heavy atom. The van der Waals surface area contributed by atoms with E-state index in [9.17, 15) is 9.50 Å². The van der Waals surface area contributed by atoms with E-state index in [1.807, 2.05) is 6.92 Å². The summed E-state index contributed by atoms with van der Waals surface area (Å²) in [6.07, 6.45) is 1.26. The van der Waals surface area contributed by atoms with Gasteiger partial charge in [-0.2, -0.15) is 5.10 Å². The Labute approximate surface area is 87.9 Å². The molecule has 1 aliphatic carbocycles. The van der Waals surface area contributed by atoms with Crippen LogP contribution in [0.15, 0.2) is 6.07 Å². The van der Waals surface area contributed by atoms with E-state index >= 15 is 0 Å². The lowest BCUT2D eigenvalue weighted by Crippen LogP contribution is -2.05. The zero-order valence-corrected chi connectivity index (χ0v) is 8.73. The third kappa shape index (κ3) is 1.39. The Kier molecular flexibility index (Phi) is 1.89. The first-order valence-corrected chi connectivity index (χ1v) is 5.58. The first-order chi connectivity index (χ1) is 7.16. The van der Waals surface area contributed by atoms with E-state index in [0.717, 1.165) is 12.8 Å². The van der Waals surface area contributed by atoms with Crippen LogP contribution in [0.1, 0.15) is 55.9 Å². The standard InChI is InChI=1S/C11H15FN2O/c1-6-4-8(12)10-5-9(13-14(6)10)11(15)7-2-3-7/h5-8,11,15H,2-4H2,1H3/t6-,8+,11+/m0/s1. The summed E-state index contributed by atoms with van der Waals surface area (Å²) in [5.41, 5.74) is 1.29. The summed E-state index contributed by atoms with van der Waals surface area (Å²) >= 11 is 0. The van der Waals surface area contributed by atoms with E-state index in [1.165, 1.54) is 0 Å². The molecule has 82 valence electrons. The van der Waals surface area contributed by atoms with Crippen molar-refractivity contribution in [1.82, 2.24) is 9.78 Å². The molecule has 0 spiro atoms. The first-order valence-electron chi connectivity index (χ1n) is 5.58. The fourth-order valence-corrected chi connectivity index (χ4v) is 2.33. The number of aliphatic hydroxyl groups excluding tert-OH is 1. The van der Waals surface area contributed by atoms with Gasteiger partial charge in [0, 0.05) is 6.42 Å². The summed E-state index contributed by atoms with van der Waals surface area (Å²) in [4.78, 5) is 0. The highest BCUT2D eigenvalue weighted by Crippen LogP contribution is 2.43. The van der Waals surface area contributed by atoms with E-state index in [2.05, 4.69) is 5.10 Å². The Balaban J connectivity index is 1.92. The SMILES string of the molecule is C[C@H]1C[C@@H](F)c2cc([C@H](O)C3CC3)nn21. The summed E-state index contributed by atoms with van der Waals surface area (Å²) in [7, 11) is 0. The Morgan fingerprint density at radius 1 is 1.60 bits per heavy atom. The number of hydrogen-bond donors (Lipinski definition) is 1. The highest BCUT2D eigenvalue weighted by molar-refractivity contribution is 5.20. The molecular formula is C11H15FN2O. The third-order valence-electron chi connectivity index (χ3n) is 3.44. The Hall–Kier alpha value is -0.900. The van der Waals surface area contributed by atoms with E-state index < -0.39 is 12.3 Å². The van der Waals surface area contributed by atoms with Gasteiger partial charge in [0.25, 0.3) is 0 Å². The van der Waals surface area contributed by atoms with Crippen molar-refractivity contribution in [1.29, 1.82) is 0 Å². The molecule has 2 heterocycles. The number of halogens is 1. The first kappa shape index (κ1) is 9.33. The van der Waals surface area contributed by atoms with Gasteiger partial charge in [-0.15, -0.1) is 0 Å². The molecule has 0 amide bonds. The normalized spacial score (nSPS) is 31.7. The smallest absolute Gasteiger partial charge is 0.144 e. The molecule has 0 bridgehead atoms. The second kappa shape index (κ2) is 3.04. The second-order valence-corrected chi connectivity index (χ2v) is 4.77. The monoisotopic (exact) mass is 210 g/mol. The topological polar surface area (TPSA) is 38.1 Å². The number of aliphatic hydroxyl groups is 1. The van der Waals surface area contributed by atoms with Crippen LogP contribution in [0.2, 0.25) is 0 Å². The average Bonchev–Trinajstić information content (AvgIpc) is 2.88. The molecule has 1 aromatic heterocycles. The average molecular weight is 210 g/mol. The Morgan fingerprint density at radius 2 is 2.33 bits per heavy atom. The minimum atomic E-state index is -0.910. The maximum atomic E-state index is 13.5. The van der Waals surface area contributed by atoms with Crippen molar-refractivity contribution in [2.75, 3.05) is 0 Å². The lowest BCUT2D eigenvalue weighted by molar-refractivity contribution is 0.147. The summed E-state index contributed by atoms with van der Waals surface area (Å²) in [6, 6.07) is 1.85. The van der Waals surface area contributed by atoms with Gasteiger partial charge in [-0.25, -0.2) is 4.39 Å². The molecular weight excluding hydrogens is 195 g/mol. The van der Waals surface area contributed by atoms with Gasteiger partial charge in [-0.1, -0.05) is 0 Å². The van der Waals surface area contributed by atoms with Crippen LogP contribution in [-0.4, -0.2) is 14.9 Å². The quantitative estimate of drug-likeness (QED) is 0.813. The number of aromatic nitrogens is 2. The minimum Gasteiger partial charge on any atom is -0.386 e. The van der Waals surface area contributed by atoms with Crippen LogP contribution in [0.5, 0.6) is 0 Å². The summed E-state index contributed by atoms with van der Waals surface area (Å²) in [6.45, 7) is 1.96. The van der Waals surface area contributed by atoms with Gasteiger partial charge in [-0.3, -0.25) is 4.68 Å². The van der Waals surface area contributed by atoms with Crippen molar-refractivity contribution in [2.45, 2.75) is 44.5 Å². The van der Waals surface area contributed by atoms with Crippen molar-refractivity contribution >= 4 is 0 Å². The van der Waals surface area contributed by atoms with Crippen LogP contribution in [0, 0.1) is 5.92 Å². The molecule has 1 aliphatic heterocycles. The van der Waals surface area contributed by atoms with Crippen LogP contribution in [0.25, 0.3) is 0 Å². The lowest BCUT2D eigenvalue weighted by atomic mass is 10.1. The van der Waals surface area contributed by atoms with Crippen molar-refractivity contribution in [3.8, 4) is 0 Å². The van der Waals surface area contributed by atoms with Crippen molar-refractivity contribution in [3.05, 3.63) is 17.5 Å². The number of rotatable bonds is 2. The van der Waals surface area contributed by atoms with Crippen LogP contribution < -0.4 is 0 Å². The molecule has 1 aromatic rings. The number of nitrogens with zero attached hydrogens (tertiary/aromatic N) is 2. The molecule has 0 unspecified atom stereocenters. The van der Waals surface area contributed by atoms with Crippen molar-refractivity contribution < 1.29 is 9.50 Å². The summed E-state index contributed by atoms with van der Waals surface area (Å²) < 4.78 is 15.2. The number of alkyl halides is 1. The second-order valence-electron chi connectivity index (χ2n) is 4.77. The van der Waals surface area contributed by atoms with Crippen molar-refractivity contribution in [2.24, 2.45) is 5.92 Å².